The van der Waals surface area contributed by atoms with Crippen LogP contribution in [0, 0.1) is 12.8 Å². The van der Waals surface area contributed by atoms with Gasteiger partial charge in [-0.15, -0.1) is 0 Å². The minimum Gasteiger partial charge on any atom is -0.340 e. The fourth-order valence-corrected chi connectivity index (χ4v) is 3.62. The lowest BCUT2D eigenvalue weighted by molar-refractivity contribution is 0.0913. The second-order valence-electron chi connectivity index (χ2n) is 7.80. The molecular weight excluding hydrogens is 432 g/mol. The van der Waals surface area contributed by atoms with Gasteiger partial charge in [0.2, 0.25) is 5.89 Å². The third kappa shape index (κ3) is 4.40. The Morgan fingerprint density at radius 1 is 1.21 bits per heavy atom. The number of rotatable bonds is 6. The van der Waals surface area contributed by atoms with E-state index in [1.54, 1.807) is 0 Å². The maximum atomic E-state index is 13.0. The summed E-state index contributed by atoms with van der Waals surface area (Å²) in [4.78, 5) is 22.1. The van der Waals surface area contributed by atoms with E-state index in [4.69, 9.17) is 4.52 Å². The number of hydrogen-bond donors (Lipinski definition) is 1. The monoisotopic (exact) mass is 454 g/mol. The summed E-state index contributed by atoms with van der Waals surface area (Å²) in [5.74, 6) is 1.54. The van der Waals surface area contributed by atoms with E-state index >= 15 is 0 Å². The first-order chi connectivity index (χ1) is 13.9. The lowest BCUT2D eigenvalue weighted by Gasteiger charge is -2.19. The summed E-state index contributed by atoms with van der Waals surface area (Å²) in [6.07, 6.45) is 2.21. The normalized spacial score (nSPS) is 14.8. The highest BCUT2D eigenvalue weighted by molar-refractivity contribution is 9.10. The van der Waals surface area contributed by atoms with Gasteiger partial charge in [0.15, 0.2) is 5.82 Å². The van der Waals surface area contributed by atoms with Crippen LogP contribution in [0.25, 0.3) is 11.3 Å². The van der Waals surface area contributed by atoms with Crippen molar-refractivity contribution in [3.63, 3.8) is 0 Å². The molecule has 1 amide bonds. The van der Waals surface area contributed by atoms with Crippen molar-refractivity contribution in [3.05, 3.63) is 63.8 Å². The van der Waals surface area contributed by atoms with Crippen molar-refractivity contribution in [2.24, 2.45) is 5.92 Å². The molecule has 1 unspecified atom stereocenters. The van der Waals surface area contributed by atoms with Crippen LogP contribution in [-0.2, 0) is 0 Å². The molecule has 3 aromatic rings. The first kappa shape index (κ1) is 19.8. The Kier molecular flexibility index (Phi) is 5.50. The topological polar surface area (TPSA) is 80.9 Å². The largest absolute Gasteiger partial charge is 0.340 e. The van der Waals surface area contributed by atoms with Crippen LogP contribution in [0.4, 0.5) is 0 Å². The lowest BCUT2D eigenvalue weighted by Crippen LogP contribution is -2.32. The molecule has 1 aliphatic rings. The van der Waals surface area contributed by atoms with Gasteiger partial charge in [0.25, 0.3) is 5.91 Å². The van der Waals surface area contributed by atoms with Crippen LogP contribution in [0.2, 0.25) is 0 Å². The van der Waals surface area contributed by atoms with Gasteiger partial charge in [0.05, 0.1) is 17.0 Å². The van der Waals surface area contributed by atoms with E-state index in [-0.39, 0.29) is 17.9 Å². The summed E-state index contributed by atoms with van der Waals surface area (Å²) in [7, 11) is 0. The molecule has 4 rings (SSSR count). The number of benzene rings is 1. The number of pyridine rings is 1. The minimum atomic E-state index is -0.341. The van der Waals surface area contributed by atoms with Gasteiger partial charge in [-0.3, -0.25) is 9.78 Å². The minimum absolute atomic E-state index is 0.112. The molecule has 1 fully saturated rings. The molecule has 6 nitrogen and oxygen atoms in total. The van der Waals surface area contributed by atoms with Crippen molar-refractivity contribution < 1.29 is 9.32 Å². The molecule has 1 aromatic carbocycles. The smallest absolute Gasteiger partial charge is 0.253 e. The number of halogens is 1. The number of amides is 1. The number of aromatic nitrogens is 3. The van der Waals surface area contributed by atoms with E-state index in [2.05, 4.69) is 36.4 Å². The predicted molar refractivity (Wildman–Crippen MR) is 113 cm³/mol. The van der Waals surface area contributed by atoms with E-state index in [9.17, 15) is 4.79 Å². The van der Waals surface area contributed by atoms with E-state index < -0.39 is 0 Å². The zero-order chi connectivity index (χ0) is 20.5. The Balaban J connectivity index is 1.54. The van der Waals surface area contributed by atoms with Crippen molar-refractivity contribution in [1.29, 1.82) is 0 Å². The highest BCUT2D eigenvalue weighted by Crippen LogP contribution is 2.38. The fraction of sp³-hybridized carbons (Fsp3) is 0.364. The Bertz CT molecular complexity index is 1040. The first-order valence-electron chi connectivity index (χ1n) is 9.80. The molecule has 1 N–H and O–H groups in total. The molecule has 1 aliphatic carbocycles. The average Bonchev–Trinajstić information content (AvgIpc) is 3.43. The third-order valence-electron chi connectivity index (χ3n) is 5.07. The molecule has 0 radical (unpaired) electrons. The standard InChI is InChI=1S/C22H23BrN4O2/c1-12(2)19(22-26-20(27-29-22)14-7-8-14)25-21(28)17-9-10-18(24-13(17)3)15-5-4-6-16(23)11-15/h4-6,9-12,14,19H,7-8H2,1-3H3,(H,25,28). The summed E-state index contributed by atoms with van der Waals surface area (Å²) < 4.78 is 6.44. The molecule has 0 aliphatic heterocycles. The van der Waals surface area contributed by atoms with Gasteiger partial charge in [0.1, 0.15) is 6.04 Å². The summed E-state index contributed by atoms with van der Waals surface area (Å²) >= 11 is 3.48. The van der Waals surface area contributed by atoms with Crippen molar-refractivity contribution >= 4 is 21.8 Å². The summed E-state index contributed by atoms with van der Waals surface area (Å²) in [6, 6.07) is 11.3. The van der Waals surface area contributed by atoms with Crippen molar-refractivity contribution in [1.82, 2.24) is 20.4 Å². The molecule has 0 saturated heterocycles. The van der Waals surface area contributed by atoms with Crippen LogP contribution >= 0.6 is 15.9 Å². The van der Waals surface area contributed by atoms with Crippen molar-refractivity contribution in [2.45, 2.75) is 45.6 Å². The van der Waals surface area contributed by atoms with Gasteiger partial charge in [-0.2, -0.15) is 4.98 Å². The molecule has 1 saturated carbocycles. The van der Waals surface area contributed by atoms with Crippen molar-refractivity contribution in [3.8, 4) is 11.3 Å². The van der Waals surface area contributed by atoms with Crippen LogP contribution in [0.15, 0.2) is 45.4 Å². The molecule has 2 heterocycles. The molecule has 7 heteroatoms. The Morgan fingerprint density at radius 3 is 2.66 bits per heavy atom. The van der Waals surface area contributed by atoms with Gasteiger partial charge in [-0.25, -0.2) is 0 Å². The predicted octanol–water partition coefficient (Wildman–Crippen LogP) is 5.21. The maximum Gasteiger partial charge on any atom is 0.253 e. The highest BCUT2D eigenvalue weighted by atomic mass is 79.9. The zero-order valence-corrected chi connectivity index (χ0v) is 18.2. The van der Waals surface area contributed by atoms with Gasteiger partial charge in [0, 0.05) is 16.0 Å². The van der Waals surface area contributed by atoms with Crippen LogP contribution in [0.1, 0.15) is 66.4 Å². The Labute approximate surface area is 178 Å². The third-order valence-corrected chi connectivity index (χ3v) is 5.56. The van der Waals surface area contributed by atoms with Gasteiger partial charge in [-0.1, -0.05) is 47.1 Å². The first-order valence-corrected chi connectivity index (χ1v) is 10.6. The van der Waals surface area contributed by atoms with Gasteiger partial charge < -0.3 is 9.84 Å². The number of nitrogens with one attached hydrogen (secondary N) is 1. The lowest BCUT2D eigenvalue weighted by atomic mass is 10.0. The van der Waals surface area contributed by atoms with Crippen LogP contribution < -0.4 is 5.32 Å². The number of aryl methyl sites for hydroxylation is 1. The number of hydrogen-bond acceptors (Lipinski definition) is 5. The van der Waals surface area contributed by atoms with Crippen molar-refractivity contribution in [2.75, 3.05) is 0 Å². The summed E-state index contributed by atoms with van der Waals surface area (Å²) in [5.41, 5.74) is 3.03. The van der Waals surface area contributed by atoms with E-state index in [1.165, 1.54) is 0 Å². The molecular formula is C22H23BrN4O2. The second kappa shape index (κ2) is 8.06. The molecule has 0 bridgehead atoms. The van der Waals surface area contributed by atoms with Crippen LogP contribution in [-0.4, -0.2) is 21.0 Å². The Morgan fingerprint density at radius 2 is 2.00 bits per heavy atom. The van der Waals surface area contributed by atoms with E-state index in [0.29, 0.717) is 23.1 Å². The number of carbonyl (C=O) groups excluding carboxylic acids is 1. The molecule has 2 aromatic heterocycles. The second-order valence-corrected chi connectivity index (χ2v) is 8.72. The van der Waals surface area contributed by atoms with Gasteiger partial charge >= 0.3 is 0 Å². The molecule has 1 atom stereocenters. The molecule has 150 valence electrons. The van der Waals surface area contributed by atoms with Crippen LogP contribution in [0.5, 0.6) is 0 Å². The molecule has 0 spiro atoms. The summed E-state index contributed by atoms with van der Waals surface area (Å²) in [5, 5.41) is 7.13. The molecule has 29 heavy (non-hydrogen) atoms. The van der Waals surface area contributed by atoms with E-state index in [0.717, 1.165) is 34.4 Å². The number of carbonyl (C=O) groups is 1. The van der Waals surface area contributed by atoms with E-state index in [1.807, 2.05) is 57.2 Å². The SMILES string of the molecule is Cc1nc(-c2cccc(Br)c2)ccc1C(=O)NC(c1nc(C2CC2)no1)C(C)C. The zero-order valence-electron chi connectivity index (χ0n) is 16.6. The maximum absolute atomic E-state index is 13.0. The highest BCUT2D eigenvalue weighted by Gasteiger charge is 2.32. The average molecular weight is 455 g/mol. The fourth-order valence-electron chi connectivity index (χ4n) is 3.22. The van der Waals surface area contributed by atoms with Gasteiger partial charge in [-0.05, 0) is 49.9 Å². The Hall–Kier alpha value is -2.54. The summed E-state index contributed by atoms with van der Waals surface area (Å²) in [6.45, 7) is 5.89. The quantitative estimate of drug-likeness (QED) is 0.552. The van der Waals surface area contributed by atoms with Crippen LogP contribution in [0.3, 0.4) is 0 Å². The number of nitrogens with zero attached hydrogens (tertiary/aromatic N) is 3.